The predicted molar refractivity (Wildman–Crippen MR) is 82.2 cm³/mol. The molecule has 0 amide bonds. The second-order valence-electron chi connectivity index (χ2n) is 5.87. The summed E-state index contributed by atoms with van der Waals surface area (Å²) in [5, 5.41) is 16.9. The first-order valence-electron chi connectivity index (χ1n) is 7.08. The monoisotopic (exact) mass is 278 g/mol. The highest BCUT2D eigenvalue weighted by atomic mass is 16.5. The van der Waals surface area contributed by atoms with Crippen LogP contribution in [0.15, 0.2) is 24.3 Å². The number of benzene rings is 1. The molecule has 0 radical (unpaired) electrons. The van der Waals surface area contributed by atoms with Crippen molar-refractivity contribution in [3.63, 3.8) is 0 Å². The van der Waals surface area contributed by atoms with Gasteiger partial charge in [-0.25, -0.2) is 0 Å². The third-order valence-electron chi connectivity index (χ3n) is 3.84. The summed E-state index contributed by atoms with van der Waals surface area (Å²) in [6.07, 6.45) is 2.15. The van der Waals surface area contributed by atoms with Crippen LogP contribution in [0.4, 0.5) is 0 Å². The summed E-state index contributed by atoms with van der Waals surface area (Å²) >= 11 is 0. The van der Waals surface area contributed by atoms with Crippen LogP contribution in [0.5, 0.6) is 5.75 Å². The first-order valence-corrected chi connectivity index (χ1v) is 7.08. The lowest BCUT2D eigenvalue weighted by molar-refractivity contribution is 0.0642. The molecule has 1 atom stereocenters. The highest BCUT2D eigenvalue weighted by molar-refractivity contribution is 5.94. The van der Waals surface area contributed by atoms with Crippen LogP contribution in [0, 0.1) is 16.7 Å². The first-order chi connectivity index (χ1) is 9.40. The fourth-order valence-electron chi connectivity index (χ4n) is 2.30. The van der Waals surface area contributed by atoms with Crippen LogP contribution in [0.25, 0.3) is 0 Å². The van der Waals surface area contributed by atoms with E-state index in [1.165, 1.54) is 0 Å². The van der Waals surface area contributed by atoms with Gasteiger partial charge in [0.05, 0.1) is 6.61 Å². The van der Waals surface area contributed by atoms with Crippen molar-refractivity contribution in [2.24, 2.45) is 17.1 Å². The van der Waals surface area contributed by atoms with Gasteiger partial charge in [-0.15, -0.1) is 0 Å². The number of nitrogen functional groups attached to an aromatic ring is 1. The first kappa shape index (κ1) is 16.5. The molecule has 0 saturated carbocycles. The van der Waals surface area contributed by atoms with E-state index in [0.29, 0.717) is 12.2 Å². The molecule has 4 nitrogen and oxygen atoms in total. The SMILES string of the molecule is CCCC(C)(C)[C@H](CO)COc1ccc(C(=N)N)cc1. The molecule has 0 aromatic heterocycles. The number of hydrogen-bond donors (Lipinski definition) is 3. The number of hydrogen-bond acceptors (Lipinski definition) is 3. The molecule has 0 bridgehead atoms. The zero-order chi connectivity index (χ0) is 15.2. The Labute approximate surface area is 121 Å². The van der Waals surface area contributed by atoms with Crippen LogP contribution in [-0.4, -0.2) is 24.2 Å². The molecule has 4 heteroatoms. The van der Waals surface area contributed by atoms with Gasteiger partial charge in [0.2, 0.25) is 0 Å². The van der Waals surface area contributed by atoms with Crippen molar-refractivity contribution in [2.75, 3.05) is 13.2 Å². The maximum atomic E-state index is 9.56. The Kier molecular flexibility index (Phi) is 6.02. The third-order valence-corrected chi connectivity index (χ3v) is 3.84. The van der Waals surface area contributed by atoms with E-state index >= 15 is 0 Å². The van der Waals surface area contributed by atoms with Crippen molar-refractivity contribution >= 4 is 5.84 Å². The summed E-state index contributed by atoms with van der Waals surface area (Å²) in [6.45, 7) is 7.10. The van der Waals surface area contributed by atoms with E-state index in [1.807, 2.05) is 0 Å². The highest BCUT2D eigenvalue weighted by Crippen LogP contribution is 2.32. The molecule has 0 heterocycles. The number of ether oxygens (including phenoxy) is 1. The van der Waals surface area contributed by atoms with Gasteiger partial charge in [-0.1, -0.05) is 27.2 Å². The number of aliphatic hydroxyl groups excluding tert-OH is 1. The number of aliphatic hydroxyl groups is 1. The zero-order valence-electron chi connectivity index (χ0n) is 12.6. The normalized spacial score (nSPS) is 13.0. The van der Waals surface area contributed by atoms with Gasteiger partial charge < -0.3 is 15.6 Å². The summed E-state index contributed by atoms with van der Waals surface area (Å²) in [6, 6.07) is 7.14. The van der Waals surface area contributed by atoms with Crippen molar-refractivity contribution in [1.82, 2.24) is 0 Å². The molecule has 0 aliphatic carbocycles. The number of rotatable bonds is 8. The average Bonchev–Trinajstić information content (AvgIpc) is 2.39. The molecular formula is C16H26N2O2. The Balaban J connectivity index is 2.62. The minimum absolute atomic E-state index is 0.0499. The molecular weight excluding hydrogens is 252 g/mol. The Morgan fingerprint density at radius 3 is 2.40 bits per heavy atom. The van der Waals surface area contributed by atoms with Crippen LogP contribution in [0.1, 0.15) is 39.2 Å². The zero-order valence-corrected chi connectivity index (χ0v) is 12.6. The number of amidine groups is 1. The van der Waals surface area contributed by atoms with Crippen molar-refractivity contribution in [2.45, 2.75) is 33.6 Å². The molecule has 1 rings (SSSR count). The fraction of sp³-hybridized carbons (Fsp3) is 0.562. The van der Waals surface area contributed by atoms with Gasteiger partial charge in [-0.2, -0.15) is 0 Å². The van der Waals surface area contributed by atoms with E-state index < -0.39 is 0 Å². The number of nitrogens with one attached hydrogen (secondary N) is 1. The molecule has 112 valence electrons. The smallest absolute Gasteiger partial charge is 0.122 e. The van der Waals surface area contributed by atoms with Gasteiger partial charge in [-0.05, 0) is 36.1 Å². The molecule has 0 spiro atoms. The van der Waals surface area contributed by atoms with Crippen molar-refractivity contribution in [3.8, 4) is 5.75 Å². The van der Waals surface area contributed by atoms with Gasteiger partial charge in [-0.3, -0.25) is 5.41 Å². The molecule has 1 aromatic carbocycles. The van der Waals surface area contributed by atoms with Crippen molar-refractivity contribution in [3.05, 3.63) is 29.8 Å². The van der Waals surface area contributed by atoms with Gasteiger partial charge in [0.1, 0.15) is 11.6 Å². The lowest BCUT2D eigenvalue weighted by Crippen LogP contribution is -2.32. The van der Waals surface area contributed by atoms with Crippen LogP contribution in [-0.2, 0) is 0 Å². The minimum Gasteiger partial charge on any atom is -0.493 e. The summed E-state index contributed by atoms with van der Waals surface area (Å²) in [7, 11) is 0. The standard InChI is InChI=1S/C16H26N2O2/c1-4-9-16(2,3)13(10-19)11-20-14-7-5-12(6-8-14)15(17)18/h5-8,13,19H,4,9-11H2,1-3H3,(H3,17,18)/t13-/m1/s1. The van der Waals surface area contributed by atoms with Gasteiger partial charge in [0.15, 0.2) is 0 Å². The van der Waals surface area contributed by atoms with Crippen LogP contribution in [0.3, 0.4) is 0 Å². The molecule has 0 fully saturated rings. The second-order valence-corrected chi connectivity index (χ2v) is 5.87. The summed E-state index contributed by atoms with van der Waals surface area (Å²) < 4.78 is 5.76. The topological polar surface area (TPSA) is 79.3 Å². The quantitative estimate of drug-likeness (QED) is 0.505. The van der Waals surface area contributed by atoms with E-state index in [4.69, 9.17) is 15.9 Å². The Bertz CT molecular complexity index is 427. The third kappa shape index (κ3) is 4.53. The summed E-state index contributed by atoms with van der Waals surface area (Å²) in [5.74, 6) is 0.893. The van der Waals surface area contributed by atoms with Crippen LogP contribution < -0.4 is 10.5 Å². The molecule has 0 saturated heterocycles. The average molecular weight is 278 g/mol. The molecule has 0 aliphatic heterocycles. The Morgan fingerprint density at radius 2 is 1.95 bits per heavy atom. The largest absolute Gasteiger partial charge is 0.493 e. The van der Waals surface area contributed by atoms with E-state index in [2.05, 4.69) is 20.8 Å². The number of nitrogens with two attached hydrogens (primary N) is 1. The summed E-state index contributed by atoms with van der Waals surface area (Å²) in [4.78, 5) is 0. The minimum atomic E-state index is 0.0499. The van der Waals surface area contributed by atoms with Crippen LogP contribution in [0.2, 0.25) is 0 Å². The molecule has 0 unspecified atom stereocenters. The Hall–Kier alpha value is -1.55. The van der Waals surface area contributed by atoms with E-state index in [-0.39, 0.29) is 23.8 Å². The predicted octanol–water partition coefficient (Wildman–Crippen LogP) is 2.78. The van der Waals surface area contributed by atoms with Crippen LogP contribution >= 0.6 is 0 Å². The van der Waals surface area contributed by atoms with Gasteiger partial charge >= 0.3 is 0 Å². The fourth-order valence-corrected chi connectivity index (χ4v) is 2.30. The lowest BCUT2D eigenvalue weighted by atomic mass is 9.76. The second kappa shape index (κ2) is 7.29. The lowest BCUT2D eigenvalue weighted by Gasteiger charge is -2.32. The molecule has 20 heavy (non-hydrogen) atoms. The molecule has 1 aromatic rings. The molecule has 0 aliphatic rings. The van der Waals surface area contributed by atoms with E-state index in [1.54, 1.807) is 24.3 Å². The van der Waals surface area contributed by atoms with Gasteiger partial charge in [0.25, 0.3) is 0 Å². The van der Waals surface area contributed by atoms with Crippen molar-refractivity contribution in [1.29, 1.82) is 5.41 Å². The van der Waals surface area contributed by atoms with Gasteiger partial charge in [0, 0.05) is 18.1 Å². The highest BCUT2D eigenvalue weighted by Gasteiger charge is 2.28. The van der Waals surface area contributed by atoms with E-state index in [9.17, 15) is 5.11 Å². The Morgan fingerprint density at radius 1 is 1.35 bits per heavy atom. The van der Waals surface area contributed by atoms with Crippen molar-refractivity contribution < 1.29 is 9.84 Å². The maximum absolute atomic E-state index is 9.56. The van der Waals surface area contributed by atoms with E-state index in [0.717, 1.165) is 18.6 Å². The summed E-state index contributed by atoms with van der Waals surface area (Å²) in [5.41, 5.74) is 6.15. The molecule has 4 N–H and O–H groups in total. The maximum Gasteiger partial charge on any atom is 0.122 e.